The lowest BCUT2D eigenvalue weighted by atomic mass is 9.66. The first-order valence-electron chi connectivity index (χ1n) is 14.3. The van der Waals surface area contributed by atoms with Crippen LogP contribution < -0.4 is 9.80 Å². The van der Waals surface area contributed by atoms with Gasteiger partial charge in [0.2, 0.25) is 5.91 Å². The van der Waals surface area contributed by atoms with Crippen molar-refractivity contribution in [2.75, 3.05) is 49.2 Å². The summed E-state index contributed by atoms with van der Waals surface area (Å²) in [6.07, 6.45) is 3.79. The number of ether oxygens (including phenoxy) is 2. The van der Waals surface area contributed by atoms with Crippen molar-refractivity contribution in [2.45, 2.75) is 70.6 Å². The fourth-order valence-electron chi connectivity index (χ4n) is 6.96. The molecule has 214 valence electrons. The van der Waals surface area contributed by atoms with E-state index in [0.29, 0.717) is 37.9 Å². The van der Waals surface area contributed by atoms with Crippen molar-refractivity contribution in [2.24, 2.45) is 11.8 Å². The molecule has 0 radical (unpaired) electrons. The number of aliphatic hydroxyl groups excluding tert-OH is 1. The summed E-state index contributed by atoms with van der Waals surface area (Å²) >= 11 is 0. The molecule has 5 atom stereocenters. The van der Waals surface area contributed by atoms with Crippen LogP contribution in [0.5, 0.6) is 0 Å². The molecule has 3 aliphatic rings. The van der Waals surface area contributed by atoms with Gasteiger partial charge in [0, 0.05) is 44.2 Å². The van der Waals surface area contributed by atoms with Gasteiger partial charge >= 0.3 is 5.97 Å². The second-order valence-corrected chi connectivity index (χ2v) is 10.9. The van der Waals surface area contributed by atoms with Crippen LogP contribution in [-0.2, 0) is 23.9 Å². The Morgan fingerprint density at radius 3 is 2.41 bits per heavy atom. The van der Waals surface area contributed by atoms with Gasteiger partial charge in [0.15, 0.2) is 0 Å². The molecule has 3 saturated heterocycles. The third-order valence-corrected chi connectivity index (χ3v) is 8.73. The van der Waals surface area contributed by atoms with Gasteiger partial charge in [0.1, 0.15) is 17.6 Å². The van der Waals surface area contributed by atoms with Gasteiger partial charge in [-0.1, -0.05) is 6.08 Å². The quantitative estimate of drug-likeness (QED) is 0.233. The molecule has 9 nitrogen and oxygen atoms in total. The Kier molecular flexibility index (Phi) is 8.71. The maximum atomic E-state index is 14.5. The molecule has 0 saturated carbocycles. The third-order valence-electron chi connectivity index (χ3n) is 8.73. The first kappa shape index (κ1) is 29.1. The number of unbranched alkanes of at least 4 members (excludes halogenated alkanes) is 1. The lowest BCUT2D eigenvalue weighted by Crippen LogP contribution is -2.56. The minimum Gasteiger partial charge on any atom is -0.466 e. The second-order valence-electron chi connectivity index (χ2n) is 10.9. The average molecular weight is 542 g/mol. The molecule has 1 aromatic carbocycles. The van der Waals surface area contributed by atoms with E-state index in [2.05, 4.69) is 25.3 Å². The zero-order valence-corrected chi connectivity index (χ0v) is 23.7. The summed E-state index contributed by atoms with van der Waals surface area (Å²) in [6, 6.07) is 6.96. The van der Waals surface area contributed by atoms with Gasteiger partial charge in [-0.05, 0) is 77.6 Å². The van der Waals surface area contributed by atoms with E-state index in [0.717, 1.165) is 18.8 Å². The van der Waals surface area contributed by atoms with Crippen LogP contribution in [-0.4, -0.2) is 84.4 Å². The molecule has 4 rings (SSSR count). The molecule has 3 heterocycles. The van der Waals surface area contributed by atoms with Crippen molar-refractivity contribution in [3.8, 4) is 0 Å². The topological polar surface area (TPSA) is 99.6 Å². The molecular formula is C30H43N3O6. The summed E-state index contributed by atoms with van der Waals surface area (Å²) < 4.78 is 12.0. The van der Waals surface area contributed by atoms with Crippen LogP contribution in [0.2, 0.25) is 0 Å². The summed E-state index contributed by atoms with van der Waals surface area (Å²) in [5.74, 6) is -2.49. The maximum absolute atomic E-state index is 14.5. The highest BCUT2D eigenvalue weighted by Gasteiger charge is 2.78. The molecular weight excluding hydrogens is 498 g/mol. The van der Waals surface area contributed by atoms with Crippen molar-refractivity contribution in [1.82, 2.24) is 4.90 Å². The molecule has 1 spiro atoms. The van der Waals surface area contributed by atoms with Crippen molar-refractivity contribution in [3.05, 3.63) is 36.9 Å². The standard InChI is InChI=1S/C30H43N3O6/c1-6-18-32(22-14-12-21(13-15-22)31(7-2)8-3)27(36)25-30-17-16-29(5,39-30)24(28(37)38-9-4)23(30)26(35)33(25)19-10-11-20-34/h6,12-15,23-25,34H,1,7-11,16-20H2,2-5H3/t23-,24+,25?,29-,30?/m0/s1. The number of aliphatic hydroxyl groups is 1. The monoisotopic (exact) mass is 541 g/mol. The highest BCUT2D eigenvalue weighted by molar-refractivity contribution is 6.05. The fourth-order valence-corrected chi connectivity index (χ4v) is 6.96. The van der Waals surface area contributed by atoms with E-state index in [1.807, 2.05) is 31.2 Å². The number of esters is 1. The number of anilines is 2. The average Bonchev–Trinajstić information content (AvgIpc) is 3.49. The smallest absolute Gasteiger partial charge is 0.312 e. The number of hydrogen-bond donors (Lipinski definition) is 1. The zero-order valence-electron chi connectivity index (χ0n) is 23.7. The SMILES string of the molecule is C=CCN(C(=O)C1N(CCCCO)C(=O)[C@@H]2[C@H](C(=O)OCC)[C@]3(C)CCC12O3)c1ccc(N(CC)CC)cc1. The Labute approximate surface area is 231 Å². The van der Waals surface area contributed by atoms with Crippen molar-refractivity contribution >= 4 is 29.2 Å². The zero-order chi connectivity index (χ0) is 28.4. The summed E-state index contributed by atoms with van der Waals surface area (Å²) in [5.41, 5.74) is -0.200. The normalized spacial score (nSPS) is 28.9. The predicted molar refractivity (Wildman–Crippen MR) is 149 cm³/mol. The van der Waals surface area contributed by atoms with Crippen LogP contribution >= 0.6 is 0 Å². The first-order chi connectivity index (χ1) is 18.7. The van der Waals surface area contributed by atoms with Gasteiger partial charge in [-0.2, -0.15) is 0 Å². The Morgan fingerprint density at radius 1 is 1.15 bits per heavy atom. The first-order valence-corrected chi connectivity index (χ1v) is 14.3. The molecule has 3 fully saturated rings. The van der Waals surface area contributed by atoms with Crippen LogP contribution in [0.3, 0.4) is 0 Å². The highest BCUT2D eigenvalue weighted by atomic mass is 16.6. The number of carbonyl (C=O) groups is 3. The molecule has 1 aromatic rings. The molecule has 2 unspecified atom stereocenters. The number of carbonyl (C=O) groups excluding carboxylic acids is 3. The van der Waals surface area contributed by atoms with Crippen molar-refractivity contribution in [1.29, 1.82) is 0 Å². The van der Waals surface area contributed by atoms with Gasteiger partial charge in [-0.15, -0.1) is 6.58 Å². The maximum Gasteiger partial charge on any atom is 0.312 e. The Morgan fingerprint density at radius 2 is 1.82 bits per heavy atom. The van der Waals surface area contributed by atoms with Crippen LogP contribution in [0, 0.1) is 11.8 Å². The van der Waals surface area contributed by atoms with Gasteiger partial charge < -0.3 is 29.3 Å². The Hall–Kier alpha value is -2.91. The number of nitrogens with zero attached hydrogens (tertiary/aromatic N) is 3. The van der Waals surface area contributed by atoms with Crippen LogP contribution in [0.1, 0.15) is 53.4 Å². The third kappa shape index (κ3) is 4.84. The van der Waals surface area contributed by atoms with Gasteiger partial charge in [0.05, 0.1) is 18.1 Å². The summed E-state index contributed by atoms with van der Waals surface area (Å²) in [4.78, 5) is 47.2. The van der Waals surface area contributed by atoms with Gasteiger partial charge in [0.25, 0.3) is 5.91 Å². The second kappa shape index (κ2) is 11.7. The fraction of sp³-hybridized carbons (Fsp3) is 0.633. The number of rotatable bonds is 13. The van der Waals surface area contributed by atoms with E-state index in [1.165, 1.54) is 0 Å². The number of fused-ring (bicyclic) bond motifs is 1. The minimum atomic E-state index is -1.11. The largest absolute Gasteiger partial charge is 0.466 e. The number of benzene rings is 1. The van der Waals surface area contributed by atoms with E-state index in [-0.39, 0.29) is 31.6 Å². The summed E-state index contributed by atoms with van der Waals surface area (Å²) in [7, 11) is 0. The lowest BCUT2D eigenvalue weighted by molar-refractivity contribution is -0.159. The van der Waals surface area contributed by atoms with E-state index in [9.17, 15) is 19.5 Å². The molecule has 3 aliphatic heterocycles. The van der Waals surface area contributed by atoms with Gasteiger partial charge in [-0.3, -0.25) is 14.4 Å². The van der Waals surface area contributed by atoms with Crippen LogP contribution in [0.25, 0.3) is 0 Å². The predicted octanol–water partition coefficient (Wildman–Crippen LogP) is 3.15. The molecule has 39 heavy (non-hydrogen) atoms. The summed E-state index contributed by atoms with van der Waals surface area (Å²) in [6.45, 7) is 14.2. The minimum absolute atomic E-state index is 0.00326. The van der Waals surface area contributed by atoms with Crippen LogP contribution in [0.15, 0.2) is 36.9 Å². The van der Waals surface area contributed by atoms with Crippen molar-refractivity contribution in [3.63, 3.8) is 0 Å². The number of hydrogen-bond acceptors (Lipinski definition) is 7. The molecule has 1 N–H and O–H groups in total. The Balaban J connectivity index is 1.74. The highest BCUT2D eigenvalue weighted by Crippen LogP contribution is 2.63. The molecule has 2 bridgehead atoms. The number of amides is 2. The van der Waals surface area contributed by atoms with E-state index in [1.54, 1.807) is 22.8 Å². The van der Waals surface area contributed by atoms with Crippen molar-refractivity contribution < 1.29 is 29.0 Å². The molecule has 0 aliphatic carbocycles. The molecule has 0 aromatic heterocycles. The molecule has 2 amide bonds. The lowest BCUT2D eigenvalue weighted by Gasteiger charge is -2.37. The Bertz CT molecular complexity index is 1070. The summed E-state index contributed by atoms with van der Waals surface area (Å²) in [5, 5.41) is 9.38. The van der Waals surface area contributed by atoms with E-state index in [4.69, 9.17) is 9.47 Å². The van der Waals surface area contributed by atoms with Crippen LogP contribution in [0.4, 0.5) is 11.4 Å². The van der Waals surface area contributed by atoms with Gasteiger partial charge in [-0.25, -0.2) is 0 Å². The van der Waals surface area contributed by atoms with E-state index < -0.39 is 35.0 Å². The van der Waals surface area contributed by atoms with E-state index >= 15 is 0 Å². The number of likely N-dealkylation sites (tertiary alicyclic amines) is 1. The molecule has 9 heteroatoms.